The van der Waals surface area contributed by atoms with Gasteiger partial charge in [0.1, 0.15) is 0 Å². The monoisotopic (exact) mass is 410 g/mol. The summed E-state index contributed by atoms with van der Waals surface area (Å²) in [5.74, 6) is 0.0728. The summed E-state index contributed by atoms with van der Waals surface area (Å²) in [6, 6.07) is 14.8. The third-order valence-corrected chi connectivity index (χ3v) is 5.11. The highest BCUT2D eigenvalue weighted by atomic mass is 35.5. The van der Waals surface area contributed by atoms with Crippen LogP contribution >= 0.6 is 23.1 Å². The molecule has 4 aromatic rings. The van der Waals surface area contributed by atoms with E-state index < -0.39 is 0 Å². The Morgan fingerprint density at radius 2 is 1.86 bits per heavy atom. The highest BCUT2D eigenvalue weighted by molar-refractivity contribution is 7.10. The van der Waals surface area contributed by atoms with Gasteiger partial charge in [-0.3, -0.25) is 10.1 Å². The second-order valence-electron chi connectivity index (χ2n) is 6.13. The first kappa shape index (κ1) is 18.3. The van der Waals surface area contributed by atoms with E-state index in [4.69, 9.17) is 11.6 Å². The number of rotatable bonds is 4. The molecule has 0 aliphatic carbocycles. The van der Waals surface area contributed by atoms with E-state index in [1.165, 1.54) is 5.56 Å². The molecule has 0 aliphatic rings. The Hall–Kier alpha value is -3.10. The summed E-state index contributed by atoms with van der Waals surface area (Å²) >= 11 is 7.14. The molecule has 2 aromatic heterocycles. The third kappa shape index (κ3) is 3.51. The fourth-order valence-electron chi connectivity index (χ4n) is 2.65. The summed E-state index contributed by atoms with van der Waals surface area (Å²) in [6.45, 7) is 3.93. The first-order valence-corrected chi connectivity index (χ1v) is 9.57. The highest BCUT2D eigenvalue weighted by Gasteiger charge is 2.18. The molecule has 0 unspecified atom stereocenters. The third-order valence-electron chi connectivity index (χ3n) is 4.15. The van der Waals surface area contributed by atoms with Crippen LogP contribution in [0.2, 0.25) is 5.02 Å². The van der Waals surface area contributed by atoms with Crippen molar-refractivity contribution in [2.45, 2.75) is 13.8 Å². The Morgan fingerprint density at radius 1 is 1.11 bits per heavy atom. The molecule has 0 bridgehead atoms. The van der Waals surface area contributed by atoms with Crippen LogP contribution in [0.5, 0.6) is 0 Å². The van der Waals surface area contributed by atoms with E-state index in [2.05, 4.69) is 25.0 Å². The second-order valence-corrected chi connectivity index (χ2v) is 7.29. The number of aryl methyl sites for hydroxylation is 1. The summed E-state index contributed by atoms with van der Waals surface area (Å²) in [7, 11) is 0. The van der Waals surface area contributed by atoms with Gasteiger partial charge < -0.3 is 0 Å². The van der Waals surface area contributed by atoms with Gasteiger partial charge in [-0.05, 0) is 38.1 Å². The van der Waals surface area contributed by atoms with E-state index in [0.29, 0.717) is 27.2 Å². The average molecular weight is 411 g/mol. The number of carbonyl (C=O) groups is 1. The average Bonchev–Trinajstić information content (AvgIpc) is 3.29. The molecule has 0 spiro atoms. The fourth-order valence-corrected chi connectivity index (χ4v) is 3.43. The van der Waals surface area contributed by atoms with E-state index >= 15 is 0 Å². The lowest BCUT2D eigenvalue weighted by molar-refractivity contribution is 0.102. The molecule has 7 nitrogen and oxygen atoms in total. The first-order chi connectivity index (χ1) is 13.5. The summed E-state index contributed by atoms with van der Waals surface area (Å²) in [5, 5.41) is 11.9. The van der Waals surface area contributed by atoms with Gasteiger partial charge in [0.2, 0.25) is 5.13 Å². The topological polar surface area (TPSA) is 85.6 Å². The molecule has 1 amide bonds. The van der Waals surface area contributed by atoms with E-state index in [1.807, 2.05) is 38.1 Å². The standard InChI is InChI=1S/C19H15ClN6OS/c1-11-7-9-13(10-8-11)26-12(2)16(23-25-26)17-21-19(28-24-17)22-18(27)14-5-3-4-6-15(14)20/h3-10H,1-2H3,(H,21,22,24,27). The van der Waals surface area contributed by atoms with Crippen molar-refractivity contribution in [1.82, 2.24) is 24.4 Å². The molecular formula is C19H15ClN6OS. The lowest BCUT2D eigenvalue weighted by Gasteiger charge is -2.03. The molecule has 0 fully saturated rings. The number of aromatic nitrogens is 5. The van der Waals surface area contributed by atoms with Gasteiger partial charge in [-0.1, -0.05) is 46.6 Å². The Morgan fingerprint density at radius 3 is 2.61 bits per heavy atom. The van der Waals surface area contributed by atoms with Crippen LogP contribution in [0.15, 0.2) is 48.5 Å². The van der Waals surface area contributed by atoms with Crippen molar-refractivity contribution in [2.75, 3.05) is 5.32 Å². The number of carbonyl (C=O) groups excluding carboxylic acids is 1. The number of benzene rings is 2. The lowest BCUT2D eigenvalue weighted by Crippen LogP contribution is -2.12. The molecule has 28 heavy (non-hydrogen) atoms. The van der Waals surface area contributed by atoms with Crippen molar-refractivity contribution >= 4 is 34.2 Å². The summed E-state index contributed by atoms with van der Waals surface area (Å²) in [6.07, 6.45) is 0. The molecule has 0 saturated heterocycles. The molecule has 4 rings (SSSR count). The fraction of sp³-hybridized carbons (Fsp3) is 0.105. The van der Waals surface area contributed by atoms with Gasteiger partial charge in [0.05, 0.1) is 22.0 Å². The number of amides is 1. The number of nitrogens with zero attached hydrogens (tertiary/aromatic N) is 5. The number of hydrogen-bond acceptors (Lipinski definition) is 6. The Balaban J connectivity index is 1.57. The normalized spacial score (nSPS) is 10.8. The smallest absolute Gasteiger partial charge is 0.258 e. The van der Waals surface area contributed by atoms with Gasteiger partial charge >= 0.3 is 0 Å². The van der Waals surface area contributed by atoms with E-state index in [1.54, 1.807) is 28.9 Å². The maximum absolute atomic E-state index is 12.4. The Bertz CT molecular complexity index is 1150. The molecule has 9 heteroatoms. The van der Waals surface area contributed by atoms with Gasteiger partial charge in [-0.25, -0.2) is 4.68 Å². The molecule has 2 heterocycles. The van der Waals surface area contributed by atoms with Crippen LogP contribution in [0.4, 0.5) is 5.13 Å². The highest BCUT2D eigenvalue weighted by Crippen LogP contribution is 2.25. The summed E-state index contributed by atoms with van der Waals surface area (Å²) in [5.41, 5.74) is 3.83. The van der Waals surface area contributed by atoms with Gasteiger partial charge in [0.15, 0.2) is 11.5 Å². The molecule has 0 atom stereocenters. The number of halogens is 1. The van der Waals surface area contributed by atoms with Gasteiger partial charge in [-0.2, -0.15) is 9.36 Å². The predicted molar refractivity (Wildman–Crippen MR) is 109 cm³/mol. The summed E-state index contributed by atoms with van der Waals surface area (Å²) < 4.78 is 6.04. The second kappa shape index (κ2) is 7.49. The number of hydrogen-bond donors (Lipinski definition) is 1. The van der Waals surface area contributed by atoms with Crippen LogP contribution in [0.3, 0.4) is 0 Å². The maximum atomic E-state index is 12.4. The summed E-state index contributed by atoms with van der Waals surface area (Å²) in [4.78, 5) is 16.7. The zero-order chi connectivity index (χ0) is 19.7. The van der Waals surface area contributed by atoms with Crippen molar-refractivity contribution in [3.63, 3.8) is 0 Å². The minimum atomic E-state index is -0.340. The molecule has 0 saturated carbocycles. The van der Waals surface area contributed by atoms with Crippen molar-refractivity contribution in [1.29, 1.82) is 0 Å². The Labute approximate surface area is 170 Å². The minimum absolute atomic E-state index is 0.340. The van der Waals surface area contributed by atoms with Crippen molar-refractivity contribution in [3.05, 3.63) is 70.4 Å². The van der Waals surface area contributed by atoms with Crippen molar-refractivity contribution in [3.8, 4) is 17.2 Å². The van der Waals surface area contributed by atoms with Crippen LogP contribution in [-0.4, -0.2) is 30.3 Å². The number of anilines is 1. The Kier molecular flexibility index (Phi) is 4.89. The van der Waals surface area contributed by atoms with Crippen molar-refractivity contribution < 1.29 is 4.79 Å². The predicted octanol–water partition coefficient (Wildman–Crippen LogP) is 4.31. The van der Waals surface area contributed by atoms with Crippen LogP contribution in [0, 0.1) is 13.8 Å². The van der Waals surface area contributed by atoms with E-state index in [-0.39, 0.29) is 5.91 Å². The van der Waals surface area contributed by atoms with Gasteiger partial charge in [0.25, 0.3) is 5.91 Å². The van der Waals surface area contributed by atoms with E-state index in [0.717, 1.165) is 22.9 Å². The maximum Gasteiger partial charge on any atom is 0.258 e. The number of nitrogens with one attached hydrogen (secondary N) is 1. The van der Waals surface area contributed by atoms with Gasteiger partial charge in [0, 0.05) is 11.5 Å². The lowest BCUT2D eigenvalue weighted by atomic mass is 10.2. The van der Waals surface area contributed by atoms with Gasteiger partial charge in [-0.15, -0.1) is 5.10 Å². The molecule has 0 aliphatic heterocycles. The molecule has 2 aromatic carbocycles. The van der Waals surface area contributed by atoms with Crippen molar-refractivity contribution in [2.24, 2.45) is 0 Å². The van der Waals surface area contributed by atoms with E-state index in [9.17, 15) is 4.79 Å². The molecule has 0 radical (unpaired) electrons. The zero-order valence-electron chi connectivity index (χ0n) is 15.0. The molecular weight excluding hydrogens is 396 g/mol. The van der Waals surface area contributed by atoms with Crippen LogP contribution in [0.25, 0.3) is 17.2 Å². The van der Waals surface area contributed by atoms with Crippen LogP contribution in [-0.2, 0) is 0 Å². The first-order valence-electron chi connectivity index (χ1n) is 8.42. The SMILES string of the molecule is Cc1ccc(-n2nnc(-c3nsc(NC(=O)c4ccccc4Cl)n3)c2C)cc1. The van der Waals surface area contributed by atoms with Crippen LogP contribution in [0.1, 0.15) is 21.6 Å². The largest absolute Gasteiger partial charge is 0.297 e. The zero-order valence-corrected chi connectivity index (χ0v) is 16.6. The van der Waals surface area contributed by atoms with Crippen LogP contribution < -0.4 is 5.32 Å². The molecule has 1 N–H and O–H groups in total. The quantitative estimate of drug-likeness (QED) is 0.541. The molecule has 140 valence electrons. The minimum Gasteiger partial charge on any atom is -0.297 e.